The first-order valence-corrected chi connectivity index (χ1v) is 14.4. The standard InChI is InChI=1S/C26H23N5O7S2/c1-17-14-22(32)9-13-24(17)31-29-19-4-2-18(3-5-19)16-27-25-12-8-21(15-26(25)40(36,37)38)30-28-20-6-10-23(11-7-20)39(33,34)35/h2-15,27,32H,16H2,1H3,(H,33,34,35)(H,36,37,38). The molecule has 0 aliphatic rings. The topological polar surface area (TPSA) is 190 Å². The van der Waals surface area contributed by atoms with Gasteiger partial charge in [-0.3, -0.25) is 9.11 Å². The predicted octanol–water partition coefficient (Wildman–Crippen LogP) is 6.64. The van der Waals surface area contributed by atoms with E-state index in [0.29, 0.717) is 11.4 Å². The third-order valence-corrected chi connectivity index (χ3v) is 7.29. The number of hydrogen-bond donors (Lipinski definition) is 4. The molecular weight excluding hydrogens is 558 g/mol. The largest absolute Gasteiger partial charge is 0.508 e. The van der Waals surface area contributed by atoms with Crippen molar-refractivity contribution in [1.82, 2.24) is 0 Å². The molecule has 4 aromatic carbocycles. The molecule has 0 aliphatic heterocycles. The van der Waals surface area contributed by atoms with Crippen LogP contribution in [0, 0.1) is 6.92 Å². The number of nitrogens with zero attached hydrogens (tertiary/aromatic N) is 4. The molecule has 0 atom stereocenters. The monoisotopic (exact) mass is 581 g/mol. The Morgan fingerprint density at radius 2 is 1.25 bits per heavy atom. The maximum atomic E-state index is 12.0. The van der Waals surface area contributed by atoms with Crippen LogP contribution in [0.25, 0.3) is 0 Å². The van der Waals surface area contributed by atoms with Crippen LogP contribution in [0.5, 0.6) is 5.75 Å². The summed E-state index contributed by atoms with van der Waals surface area (Å²) in [5.74, 6) is 0.149. The van der Waals surface area contributed by atoms with Gasteiger partial charge in [-0.1, -0.05) is 12.1 Å². The van der Waals surface area contributed by atoms with Gasteiger partial charge in [0.1, 0.15) is 10.6 Å². The summed E-state index contributed by atoms with van der Waals surface area (Å²) in [5, 5.41) is 28.7. The number of azo groups is 2. The van der Waals surface area contributed by atoms with Crippen LogP contribution < -0.4 is 5.32 Å². The second-order valence-electron chi connectivity index (χ2n) is 8.52. The van der Waals surface area contributed by atoms with Gasteiger partial charge in [0.15, 0.2) is 0 Å². The van der Waals surface area contributed by atoms with Gasteiger partial charge in [0.2, 0.25) is 0 Å². The highest BCUT2D eigenvalue weighted by Crippen LogP contribution is 2.29. The van der Waals surface area contributed by atoms with Gasteiger partial charge in [0.05, 0.1) is 33.3 Å². The van der Waals surface area contributed by atoms with E-state index in [0.717, 1.165) is 29.3 Å². The summed E-state index contributed by atoms with van der Waals surface area (Å²) in [5.41, 5.74) is 3.32. The van der Waals surface area contributed by atoms with Crippen molar-refractivity contribution in [3.8, 4) is 5.75 Å². The zero-order valence-corrected chi connectivity index (χ0v) is 22.5. The van der Waals surface area contributed by atoms with Crippen molar-refractivity contribution in [2.45, 2.75) is 23.3 Å². The molecule has 206 valence electrons. The Labute approximate surface area is 230 Å². The first kappa shape index (κ1) is 28.5. The van der Waals surface area contributed by atoms with E-state index in [1.807, 2.05) is 6.92 Å². The first-order chi connectivity index (χ1) is 18.9. The summed E-state index contributed by atoms with van der Waals surface area (Å²) >= 11 is 0. The molecule has 4 rings (SSSR count). The van der Waals surface area contributed by atoms with Crippen LogP contribution in [0.3, 0.4) is 0 Å². The van der Waals surface area contributed by atoms with Crippen LogP contribution in [0.15, 0.2) is 115 Å². The van der Waals surface area contributed by atoms with Gasteiger partial charge in [-0.05, 0) is 90.8 Å². The van der Waals surface area contributed by atoms with Crippen LogP contribution in [0.4, 0.5) is 28.4 Å². The van der Waals surface area contributed by atoms with E-state index < -0.39 is 25.1 Å². The Morgan fingerprint density at radius 1 is 0.675 bits per heavy atom. The minimum Gasteiger partial charge on any atom is -0.508 e. The first-order valence-electron chi connectivity index (χ1n) is 11.5. The molecule has 40 heavy (non-hydrogen) atoms. The smallest absolute Gasteiger partial charge is 0.296 e. The Morgan fingerprint density at radius 3 is 1.85 bits per heavy atom. The Hall–Kier alpha value is -4.50. The highest BCUT2D eigenvalue weighted by molar-refractivity contribution is 7.86. The van der Waals surface area contributed by atoms with Crippen molar-refractivity contribution in [3.63, 3.8) is 0 Å². The number of phenolic OH excluding ortho intramolecular Hbond substituents is 1. The molecule has 0 unspecified atom stereocenters. The molecule has 0 saturated carbocycles. The summed E-state index contributed by atoms with van der Waals surface area (Å²) in [6.07, 6.45) is 0. The zero-order chi connectivity index (χ0) is 28.9. The lowest BCUT2D eigenvalue weighted by Gasteiger charge is -2.11. The molecule has 0 saturated heterocycles. The van der Waals surface area contributed by atoms with Crippen molar-refractivity contribution in [1.29, 1.82) is 0 Å². The number of anilines is 1. The molecule has 0 radical (unpaired) electrons. The third kappa shape index (κ3) is 7.54. The van der Waals surface area contributed by atoms with Crippen molar-refractivity contribution >= 4 is 48.7 Å². The van der Waals surface area contributed by atoms with Gasteiger partial charge in [-0.2, -0.15) is 37.3 Å². The van der Waals surface area contributed by atoms with E-state index in [2.05, 4.69) is 25.8 Å². The molecule has 0 amide bonds. The number of benzene rings is 4. The normalized spacial score (nSPS) is 12.3. The number of nitrogens with one attached hydrogen (secondary N) is 1. The minimum atomic E-state index is -4.61. The van der Waals surface area contributed by atoms with Crippen molar-refractivity contribution in [2.24, 2.45) is 20.5 Å². The van der Waals surface area contributed by atoms with Gasteiger partial charge < -0.3 is 10.4 Å². The second kappa shape index (κ2) is 11.7. The van der Waals surface area contributed by atoms with Crippen LogP contribution >= 0.6 is 0 Å². The maximum Gasteiger partial charge on any atom is 0.296 e. The summed E-state index contributed by atoms with van der Waals surface area (Å²) in [7, 11) is -8.96. The van der Waals surface area contributed by atoms with Crippen molar-refractivity contribution in [3.05, 3.63) is 96.1 Å². The lowest BCUT2D eigenvalue weighted by molar-refractivity contribution is 0.474. The molecule has 0 aliphatic carbocycles. The van der Waals surface area contributed by atoms with Crippen LogP contribution in [0.1, 0.15) is 11.1 Å². The summed E-state index contributed by atoms with van der Waals surface area (Å²) < 4.78 is 65.1. The van der Waals surface area contributed by atoms with Gasteiger partial charge in [0, 0.05) is 6.54 Å². The van der Waals surface area contributed by atoms with E-state index in [1.165, 1.54) is 30.3 Å². The van der Waals surface area contributed by atoms with Crippen LogP contribution in [-0.2, 0) is 26.8 Å². The fourth-order valence-electron chi connectivity index (χ4n) is 3.47. The van der Waals surface area contributed by atoms with Gasteiger partial charge in [-0.15, -0.1) is 0 Å². The number of rotatable bonds is 9. The van der Waals surface area contributed by atoms with E-state index in [-0.39, 0.29) is 34.3 Å². The fourth-order valence-corrected chi connectivity index (χ4v) is 4.64. The lowest BCUT2D eigenvalue weighted by atomic mass is 10.2. The molecule has 0 aromatic heterocycles. The SMILES string of the molecule is Cc1cc(O)ccc1N=Nc1ccc(CNc2ccc(N=Nc3ccc(S(=O)(=O)O)cc3)cc2S(=O)(=O)O)cc1. The fraction of sp³-hybridized carbons (Fsp3) is 0.0769. The Kier molecular flexibility index (Phi) is 8.35. The zero-order valence-electron chi connectivity index (χ0n) is 20.9. The number of hydrogen-bond acceptors (Lipinski definition) is 10. The Bertz CT molecular complexity index is 1810. The van der Waals surface area contributed by atoms with E-state index in [1.54, 1.807) is 36.4 Å². The molecule has 0 spiro atoms. The average molecular weight is 582 g/mol. The van der Waals surface area contributed by atoms with Gasteiger partial charge in [-0.25, -0.2) is 0 Å². The Balaban J connectivity index is 1.45. The summed E-state index contributed by atoms with van der Waals surface area (Å²) in [4.78, 5) is -0.709. The molecule has 0 bridgehead atoms. The average Bonchev–Trinajstić information content (AvgIpc) is 2.90. The number of aromatic hydroxyl groups is 1. The van der Waals surface area contributed by atoms with Crippen molar-refractivity contribution in [2.75, 3.05) is 5.32 Å². The van der Waals surface area contributed by atoms with Crippen LogP contribution in [-0.4, -0.2) is 31.0 Å². The molecule has 0 fully saturated rings. The maximum absolute atomic E-state index is 12.0. The minimum absolute atomic E-state index is 0.121. The van der Waals surface area contributed by atoms with Crippen LogP contribution in [0.2, 0.25) is 0 Å². The van der Waals surface area contributed by atoms with Crippen molar-refractivity contribution < 1.29 is 31.0 Å². The highest BCUT2D eigenvalue weighted by atomic mass is 32.2. The van der Waals surface area contributed by atoms with Gasteiger partial charge in [0.25, 0.3) is 20.2 Å². The van der Waals surface area contributed by atoms with E-state index >= 15 is 0 Å². The lowest BCUT2D eigenvalue weighted by Crippen LogP contribution is -2.06. The van der Waals surface area contributed by atoms with E-state index in [4.69, 9.17) is 4.55 Å². The molecule has 4 aromatic rings. The third-order valence-electron chi connectivity index (χ3n) is 5.53. The summed E-state index contributed by atoms with van der Waals surface area (Å²) in [6, 6.07) is 20.8. The van der Waals surface area contributed by atoms with Gasteiger partial charge >= 0.3 is 0 Å². The predicted molar refractivity (Wildman–Crippen MR) is 147 cm³/mol. The highest BCUT2D eigenvalue weighted by Gasteiger charge is 2.17. The molecular formula is C26H23N5O7S2. The van der Waals surface area contributed by atoms with E-state index in [9.17, 15) is 26.5 Å². The quantitative estimate of drug-likeness (QED) is 0.125. The molecule has 12 nitrogen and oxygen atoms in total. The molecule has 0 heterocycles. The number of aryl methyl sites for hydroxylation is 1. The summed E-state index contributed by atoms with van der Waals surface area (Å²) in [6.45, 7) is 2.05. The molecule has 14 heteroatoms. The molecule has 4 N–H and O–H groups in total. The number of phenols is 1. The second-order valence-corrected chi connectivity index (χ2v) is 11.3.